The van der Waals surface area contributed by atoms with Crippen molar-refractivity contribution in [3.05, 3.63) is 16.1 Å². The number of hydrogen-bond acceptors (Lipinski definition) is 6. The minimum atomic E-state index is -4.67. The van der Waals surface area contributed by atoms with Gasteiger partial charge in [0.05, 0.1) is 6.07 Å². The molecular formula is C19H24F3N5O3S. The molecule has 3 N–H and O–H groups in total. The van der Waals surface area contributed by atoms with Crippen molar-refractivity contribution in [3.63, 3.8) is 0 Å². The summed E-state index contributed by atoms with van der Waals surface area (Å²) in [6, 6.07) is -0.105. The first-order chi connectivity index (χ1) is 14.3. The van der Waals surface area contributed by atoms with Crippen LogP contribution in [0.15, 0.2) is 5.38 Å². The van der Waals surface area contributed by atoms with Gasteiger partial charge in [0.15, 0.2) is 5.01 Å². The first-order valence-corrected chi connectivity index (χ1v) is 10.5. The molecule has 170 valence electrons. The van der Waals surface area contributed by atoms with Gasteiger partial charge in [-0.15, -0.1) is 11.3 Å². The third-order valence-corrected chi connectivity index (χ3v) is 5.46. The molecule has 0 bridgehead atoms. The van der Waals surface area contributed by atoms with Crippen LogP contribution in [0.5, 0.6) is 0 Å². The third-order valence-electron chi connectivity index (χ3n) is 4.57. The standard InChI is InChI=1S/C19H24F3N5O3S/c1-18(2,3)7-12(26-16(30)13-9-31-17(27-13)19(20,21)22)15(29)25-11(8-23)6-10-4-5-24-14(10)28/h9-12H,4-7H2,1-3H3,(H,24,28)(H,25,29)(H,26,30)/t10-,11-,12-/m0/s1. The Morgan fingerprint density at radius 2 is 2.03 bits per heavy atom. The van der Waals surface area contributed by atoms with E-state index in [1.165, 1.54) is 0 Å². The van der Waals surface area contributed by atoms with Crippen LogP contribution >= 0.6 is 11.3 Å². The van der Waals surface area contributed by atoms with E-state index < -0.39 is 52.1 Å². The van der Waals surface area contributed by atoms with E-state index in [4.69, 9.17) is 0 Å². The number of nitriles is 1. The minimum Gasteiger partial charge on any atom is -0.356 e. The van der Waals surface area contributed by atoms with Crippen LogP contribution in [0.2, 0.25) is 0 Å². The Kier molecular flexibility index (Phi) is 7.64. The molecule has 12 heteroatoms. The number of thiazole rings is 1. The Labute approximate surface area is 181 Å². The second kappa shape index (κ2) is 9.64. The maximum atomic E-state index is 12.8. The van der Waals surface area contributed by atoms with Gasteiger partial charge in [0.25, 0.3) is 5.91 Å². The maximum Gasteiger partial charge on any atom is 0.443 e. The van der Waals surface area contributed by atoms with Crippen molar-refractivity contribution in [2.24, 2.45) is 11.3 Å². The van der Waals surface area contributed by atoms with Gasteiger partial charge in [0.1, 0.15) is 17.8 Å². The predicted octanol–water partition coefficient (Wildman–Crippen LogP) is 2.23. The van der Waals surface area contributed by atoms with E-state index in [2.05, 4.69) is 20.9 Å². The van der Waals surface area contributed by atoms with Gasteiger partial charge >= 0.3 is 6.18 Å². The Balaban J connectivity index is 2.10. The summed E-state index contributed by atoms with van der Waals surface area (Å²) in [6.07, 6.45) is -3.81. The van der Waals surface area contributed by atoms with Gasteiger partial charge in [-0.3, -0.25) is 14.4 Å². The number of aromatic nitrogens is 1. The van der Waals surface area contributed by atoms with Crippen molar-refractivity contribution in [2.75, 3.05) is 6.54 Å². The quantitative estimate of drug-likeness (QED) is 0.577. The third kappa shape index (κ3) is 7.20. The molecule has 0 radical (unpaired) electrons. The SMILES string of the molecule is CC(C)(C)C[C@H](NC(=O)c1csc(C(F)(F)F)n1)C(=O)N[C@H](C#N)C[C@@H]1CCNC1=O. The second-order valence-corrected chi connectivity index (χ2v) is 9.39. The Morgan fingerprint density at radius 1 is 1.35 bits per heavy atom. The zero-order valence-electron chi connectivity index (χ0n) is 17.3. The van der Waals surface area contributed by atoms with Gasteiger partial charge in [-0.1, -0.05) is 20.8 Å². The van der Waals surface area contributed by atoms with Crippen LogP contribution in [0.25, 0.3) is 0 Å². The number of halogens is 3. The molecule has 0 saturated carbocycles. The lowest BCUT2D eigenvalue weighted by molar-refractivity contribution is -0.137. The number of amides is 3. The molecule has 0 unspecified atom stereocenters. The average molecular weight is 459 g/mol. The predicted molar refractivity (Wildman–Crippen MR) is 106 cm³/mol. The maximum absolute atomic E-state index is 12.8. The lowest BCUT2D eigenvalue weighted by Crippen LogP contribution is -2.51. The summed E-state index contributed by atoms with van der Waals surface area (Å²) in [5.41, 5.74) is -0.856. The molecule has 3 atom stereocenters. The van der Waals surface area contributed by atoms with Gasteiger partial charge < -0.3 is 16.0 Å². The van der Waals surface area contributed by atoms with Crippen LogP contribution in [0.1, 0.15) is 55.5 Å². The Morgan fingerprint density at radius 3 is 2.52 bits per heavy atom. The number of nitrogens with one attached hydrogen (secondary N) is 3. The summed E-state index contributed by atoms with van der Waals surface area (Å²) in [5.74, 6) is -2.14. The molecular weight excluding hydrogens is 435 g/mol. The first kappa shape index (κ1) is 24.6. The van der Waals surface area contributed by atoms with Crippen LogP contribution in [0.4, 0.5) is 13.2 Å². The Bertz CT molecular complexity index is 872. The highest BCUT2D eigenvalue weighted by Crippen LogP contribution is 2.31. The topological polar surface area (TPSA) is 124 Å². The van der Waals surface area contributed by atoms with Gasteiger partial charge in [-0.25, -0.2) is 4.98 Å². The first-order valence-electron chi connectivity index (χ1n) is 9.61. The van der Waals surface area contributed by atoms with Gasteiger partial charge in [-0.2, -0.15) is 18.4 Å². The molecule has 1 aliphatic heterocycles. The number of carbonyl (C=O) groups excluding carboxylic acids is 3. The van der Waals surface area contributed by atoms with Crippen LogP contribution in [0.3, 0.4) is 0 Å². The zero-order chi connectivity index (χ0) is 23.4. The number of rotatable bonds is 7. The van der Waals surface area contributed by atoms with Gasteiger partial charge in [-0.05, 0) is 24.7 Å². The smallest absolute Gasteiger partial charge is 0.356 e. The number of alkyl halides is 3. The van der Waals surface area contributed by atoms with Crippen LogP contribution in [-0.4, -0.2) is 41.3 Å². The molecule has 1 aromatic rings. The monoisotopic (exact) mass is 459 g/mol. The van der Waals surface area contributed by atoms with E-state index in [1.54, 1.807) is 0 Å². The fraction of sp³-hybridized carbons (Fsp3) is 0.632. The van der Waals surface area contributed by atoms with Crippen molar-refractivity contribution in [3.8, 4) is 6.07 Å². The van der Waals surface area contributed by atoms with E-state index in [-0.39, 0.29) is 30.1 Å². The minimum absolute atomic E-state index is 0.130. The molecule has 31 heavy (non-hydrogen) atoms. The normalized spacial score (nSPS) is 18.6. The van der Waals surface area contributed by atoms with Crippen molar-refractivity contribution in [1.29, 1.82) is 5.26 Å². The number of hydrogen-bond donors (Lipinski definition) is 3. The molecule has 8 nitrogen and oxygen atoms in total. The molecule has 1 fully saturated rings. The summed E-state index contributed by atoms with van der Waals surface area (Å²) >= 11 is 0.287. The molecule has 2 rings (SSSR count). The highest BCUT2D eigenvalue weighted by Gasteiger charge is 2.36. The second-order valence-electron chi connectivity index (χ2n) is 8.53. The molecule has 1 saturated heterocycles. The fourth-order valence-electron chi connectivity index (χ4n) is 3.13. The average Bonchev–Trinajstić information content (AvgIpc) is 3.28. The molecule has 0 spiro atoms. The summed E-state index contributed by atoms with van der Waals surface area (Å²) in [4.78, 5) is 40.3. The van der Waals surface area contributed by atoms with E-state index in [0.29, 0.717) is 13.0 Å². The number of carbonyl (C=O) groups is 3. The van der Waals surface area contributed by atoms with E-state index >= 15 is 0 Å². The number of nitrogens with zero attached hydrogens (tertiary/aromatic N) is 2. The van der Waals surface area contributed by atoms with Crippen molar-refractivity contribution >= 4 is 29.1 Å². The highest BCUT2D eigenvalue weighted by molar-refractivity contribution is 7.09. The van der Waals surface area contributed by atoms with Gasteiger partial charge in [0.2, 0.25) is 11.8 Å². The van der Waals surface area contributed by atoms with E-state index in [0.717, 1.165) is 5.38 Å². The largest absolute Gasteiger partial charge is 0.443 e. The van der Waals surface area contributed by atoms with Crippen molar-refractivity contribution in [2.45, 2.75) is 58.3 Å². The molecule has 2 heterocycles. The molecule has 3 amide bonds. The highest BCUT2D eigenvalue weighted by atomic mass is 32.1. The van der Waals surface area contributed by atoms with Gasteiger partial charge in [0, 0.05) is 17.8 Å². The molecule has 1 aliphatic rings. The zero-order valence-corrected chi connectivity index (χ0v) is 18.1. The van der Waals surface area contributed by atoms with Crippen LogP contribution < -0.4 is 16.0 Å². The van der Waals surface area contributed by atoms with E-state index in [9.17, 15) is 32.8 Å². The Hall–Kier alpha value is -2.68. The van der Waals surface area contributed by atoms with Crippen LogP contribution in [0, 0.1) is 22.7 Å². The summed E-state index contributed by atoms with van der Waals surface area (Å²) < 4.78 is 38.2. The van der Waals surface area contributed by atoms with Crippen molar-refractivity contribution < 1.29 is 27.6 Å². The lowest BCUT2D eigenvalue weighted by atomic mass is 9.87. The summed E-state index contributed by atoms with van der Waals surface area (Å²) in [5, 5.41) is 16.8. The van der Waals surface area contributed by atoms with E-state index in [1.807, 2.05) is 26.8 Å². The molecule has 0 aromatic carbocycles. The van der Waals surface area contributed by atoms with Crippen molar-refractivity contribution in [1.82, 2.24) is 20.9 Å². The molecule has 0 aliphatic carbocycles. The summed E-state index contributed by atoms with van der Waals surface area (Å²) in [6.45, 7) is 5.99. The lowest BCUT2D eigenvalue weighted by Gasteiger charge is -2.27. The van der Waals surface area contributed by atoms with Crippen LogP contribution in [-0.2, 0) is 15.8 Å². The molecule has 1 aromatic heterocycles. The fourth-order valence-corrected chi connectivity index (χ4v) is 3.80. The summed E-state index contributed by atoms with van der Waals surface area (Å²) in [7, 11) is 0.